The highest BCUT2D eigenvalue weighted by atomic mass is 35.5. The Kier molecular flexibility index (Phi) is 5.65. The Morgan fingerprint density at radius 2 is 1.86 bits per heavy atom. The first-order chi connectivity index (χ1) is 14.1. The number of hydrogen-bond donors (Lipinski definition) is 0. The fourth-order valence-corrected chi connectivity index (χ4v) is 3.80. The highest BCUT2D eigenvalue weighted by molar-refractivity contribution is 6.35. The molecule has 0 bridgehead atoms. The molecule has 0 spiro atoms. The third kappa shape index (κ3) is 4.04. The molecule has 3 aromatic rings. The number of carbonyl (C=O) groups is 1. The number of halogens is 2. The van der Waals surface area contributed by atoms with Gasteiger partial charge in [-0.15, -0.1) is 0 Å². The Morgan fingerprint density at radius 1 is 1.07 bits per heavy atom. The largest absolute Gasteiger partial charge is 0.497 e. The zero-order chi connectivity index (χ0) is 20.4. The van der Waals surface area contributed by atoms with Crippen LogP contribution in [0.25, 0.3) is 5.69 Å². The second kappa shape index (κ2) is 8.35. The van der Waals surface area contributed by atoms with Gasteiger partial charge in [0.05, 0.1) is 23.4 Å². The van der Waals surface area contributed by atoms with E-state index in [-0.39, 0.29) is 5.91 Å². The van der Waals surface area contributed by atoms with Gasteiger partial charge in [-0.25, -0.2) is 4.98 Å². The van der Waals surface area contributed by atoms with Gasteiger partial charge in [-0.3, -0.25) is 9.36 Å². The van der Waals surface area contributed by atoms with Crippen LogP contribution in [-0.4, -0.2) is 53.6 Å². The Morgan fingerprint density at radius 3 is 2.62 bits per heavy atom. The molecule has 1 aliphatic heterocycles. The first-order valence-electron chi connectivity index (χ1n) is 9.24. The van der Waals surface area contributed by atoms with Crippen LogP contribution in [0.4, 0.5) is 5.95 Å². The summed E-state index contributed by atoms with van der Waals surface area (Å²) in [5.74, 6) is 1.52. The molecule has 8 heteroatoms. The van der Waals surface area contributed by atoms with E-state index in [2.05, 4.69) is 9.88 Å². The number of piperazine rings is 1. The van der Waals surface area contributed by atoms with Crippen LogP contribution in [0.2, 0.25) is 10.0 Å². The van der Waals surface area contributed by atoms with Gasteiger partial charge in [-0.2, -0.15) is 0 Å². The Balaban J connectivity index is 1.49. The van der Waals surface area contributed by atoms with Crippen molar-refractivity contribution in [1.29, 1.82) is 0 Å². The van der Waals surface area contributed by atoms with E-state index in [1.165, 1.54) is 0 Å². The van der Waals surface area contributed by atoms with Crippen molar-refractivity contribution in [2.45, 2.75) is 0 Å². The third-order valence-electron chi connectivity index (χ3n) is 4.96. The van der Waals surface area contributed by atoms with Gasteiger partial charge in [-0.1, -0.05) is 29.3 Å². The highest BCUT2D eigenvalue weighted by Gasteiger charge is 2.26. The van der Waals surface area contributed by atoms with Crippen LogP contribution in [0.15, 0.2) is 54.9 Å². The number of ether oxygens (including phenoxy) is 1. The van der Waals surface area contributed by atoms with Crippen molar-refractivity contribution in [2.75, 3.05) is 38.2 Å². The minimum Gasteiger partial charge on any atom is -0.497 e. The normalized spacial score (nSPS) is 14.2. The van der Waals surface area contributed by atoms with Crippen molar-refractivity contribution in [3.8, 4) is 11.4 Å². The van der Waals surface area contributed by atoms with Gasteiger partial charge < -0.3 is 14.5 Å². The lowest BCUT2D eigenvalue weighted by atomic mass is 10.2. The zero-order valence-electron chi connectivity index (χ0n) is 15.9. The molecule has 0 radical (unpaired) electrons. The van der Waals surface area contributed by atoms with E-state index in [1.807, 2.05) is 35.0 Å². The molecule has 150 valence electrons. The smallest absolute Gasteiger partial charge is 0.255 e. The lowest BCUT2D eigenvalue weighted by molar-refractivity contribution is 0.0746. The van der Waals surface area contributed by atoms with Crippen molar-refractivity contribution >= 4 is 35.1 Å². The number of carbonyl (C=O) groups excluding carboxylic acids is 1. The zero-order valence-corrected chi connectivity index (χ0v) is 17.4. The highest BCUT2D eigenvalue weighted by Crippen LogP contribution is 2.25. The number of hydrogen-bond acceptors (Lipinski definition) is 4. The van der Waals surface area contributed by atoms with Crippen LogP contribution in [0.1, 0.15) is 10.4 Å². The molecule has 0 unspecified atom stereocenters. The molecule has 1 saturated heterocycles. The van der Waals surface area contributed by atoms with Crippen molar-refractivity contribution in [3.05, 3.63) is 70.5 Å². The van der Waals surface area contributed by atoms with Gasteiger partial charge in [0.25, 0.3) is 5.91 Å². The second-order valence-corrected chi connectivity index (χ2v) is 7.55. The summed E-state index contributed by atoms with van der Waals surface area (Å²) < 4.78 is 7.35. The van der Waals surface area contributed by atoms with E-state index < -0.39 is 0 Å². The maximum atomic E-state index is 12.9. The molecule has 0 N–H and O–H groups in total. The van der Waals surface area contributed by atoms with Crippen LogP contribution < -0.4 is 9.64 Å². The Hall–Kier alpha value is -2.70. The Bertz CT molecular complexity index is 1030. The van der Waals surface area contributed by atoms with Gasteiger partial charge in [0.2, 0.25) is 5.95 Å². The topological polar surface area (TPSA) is 50.6 Å². The maximum Gasteiger partial charge on any atom is 0.255 e. The van der Waals surface area contributed by atoms with Gasteiger partial charge in [0.15, 0.2) is 0 Å². The lowest BCUT2D eigenvalue weighted by Crippen LogP contribution is -2.49. The predicted molar refractivity (Wildman–Crippen MR) is 115 cm³/mol. The summed E-state index contributed by atoms with van der Waals surface area (Å²) in [4.78, 5) is 21.4. The maximum absolute atomic E-state index is 12.9. The molecule has 2 aromatic carbocycles. The van der Waals surface area contributed by atoms with E-state index >= 15 is 0 Å². The molecule has 1 fully saturated rings. The monoisotopic (exact) mass is 430 g/mol. The summed E-state index contributed by atoms with van der Waals surface area (Å²) >= 11 is 12.2. The van der Waals surface area contributed by atoms with E-state index in [9.17, 15) is 4.79 Å². The number of amides is 1. The molecule has 1 amide bonds. The van der Waals surface area contributed by atoms with E-state index in [0.717, 1.165) is 17.4 Å². The fraction of sp³-hybridized carbons (Fsp3) is 0.238. The predicted octanol–water partition coefficient (Wildman–Crippen LogP) is 4.15. The summed E-state index contributed by atoms with van der Waals surface area (Å²) in [5.41, 5.74) is 1.41. The average molecular weight is 431 g/mol. The van der Waals surface area contributed by atoms with Crippen LogP contribution in [0.5, 0.6) is 5.75 Å². The van der Waals surface area contributed by atoms with Gasteiger partial charge >= 0.3 is 0 Å². The molecular formula is C21H20Cl2N4O2. The van der Waals surface area contributed by atoms with Gasteiger partial charge in [0, 0.05) is 49.7 Å². The number of benzene rings is 2. The quantitative estimate of drug-likeness (QED) is 0.623. The molecule has 6 nitrogen and oxygen atoms in total. The van der Waals surface area contributed by atoms with Gasteiger partial charge in [0.1, 0.15) is 5.75 Å². The summed E-state index contributed by atoms with van der Waals surface area (Å²) in [5, 5.41) is 0.909. The minimum atomic E-state index is -0.103. The van der Waals surface area contributed by atoms with Crippen molar-refractivity contribution in [2.24, 2.45) is 0 Å². The number of imidazole rings is 1. The summed E-state index contributed by atoms with van der Waals surface area (Å²) in [6.45, 7) is 2.50. The van der Waals surface area contributed by atoms with Gasteiger partial charge in [-0.05, 0) is 30.3 Å². The van der Waals surface area contributed by atoms with E-state index in [1.54, 1.807) is 36.4 Å². The average Bonchev–Trinajstić information content (AvgIpc) is 3.25. The van der Waals surface area contributed by atoms with Crippen molar-refractivity contribution in [3.63, 3.8) is 0 Å². The molecule has 1 aliphatic rings. The number of methoxy groups -OCH3 is 1. The SMILES string of the molecule is COc1cccc(-n2ccnc2N2CCN(C(=O)c3cc(Cl)ccc3Cl)CC2)c1. The lowest BCUT2D eigenvalue weighted by Gasteiger charge is -2.35. The van der Waals surface area contributed by atoms with Crippen LogP contribution >= 0.6 is 23.2 Å². The molecular weight excluding hydrogens is 411 g/mol. The van der Waals surface area contributed by atoms with E-state index in [4.69, 9.17) is 27.9 Å². The summed E-state index contributed by atoms with van der Waals surface area (Å²) in [6.07, 6.45) is 3.70. The van der Waals surface area contributed by atoms with Crippen LogP contribution in [0.3, 0.4) is 0 Å². The van der Waals surface area contributed by atoms with Crippen LogP contribution in [0, 0.1) is 0 Å². The first-order valence-corrected chi connectivity index (χ1v) is 9.99. The number of anilines is 1. The van der Waals surface area contributed by atoms with Crippen LogP contribution in [-0.2, 0) is 0 Å². The molecule has 1 aromatic heterocycles. The number of nitrogens with zero attached hydrogens (tertiary/aromatic N) is 4. The number of rotatable bonds is 4. The standard InChI is InChI=1S/C21H20Cl2N4O2/c1-29-17-4-2-3-16(14-17)27-8-7-24-21(27)26-11-9-25(10-12-26)20(28)18-13-15(22)5-6-19(18)23/h2-8,13-14H,9-12H2,1H3. The second-order valence-electron chi connectivity index (χ2n) is 6.70. The molecule has 29 heavy (non-hydrogen) atoms. The van der Waals surface area contributed by atoms with Crippen molar-refractivity contribution < 1.29 is 9.53 Å². The third-order valence-corrected chi connectivity index (χ3v) is 5.53. The van der Waals surface area contributed by atoms with E-state index in [0.29, 0.717) is 41.8 Å². The molecule has 4 rings (SSSR count). The summed E-state index contributed by atoms with van der Waals surface area (Å²) in [6, 6.07) is 12.8. The molecule has 0 aliphatic carbocycles. The number of aromatic nitrogens is 2. The molecule has 0 atom stereocenters. The fourth-order valence-electron chi connectivity index (χ4n) is 3.43. The summed E-state index contributed by atoms with van der Waals surface area (Å²) in [7, 11) is 1.65. The molecule has 2 heterocycles. The minimum absolute atomic E-state index is 0.103. The Labute approximate surface area is 179 Å². The van der Waals surface area contributed by atoms with Crippen molar-refractivity contribution in [1.82, 2.24) is 14.5 Å². The first kappa shape index (κ1) is 19.6. The molecule has 0 saturated carbocycles.